The Labute approximate surface area is 122 Å². The molecule has 1 amide bonds. The zero-order chi connectivity index (χ0) is 15.2. The topological polar surface area (TPSA) is 66.9 Å². The molecule has 0 radical (unpaired) electrons. The fourth-order valence-electron chi connectivity index (χ4n) is 1.64. The first-order chi connectivity index (χ1) is 10.1. The van der Waals surface area contributed by atoms with Gasteiger partial charge in [-0.05, 0) is 37.6 Å². The van der Waals surface area contributed by atoms with Crippen LogP contribution in [-0.4, -0.2) is 21.9 Å². The standard InChI is InChI=1S/C15H17FN4O/c1-3-10(2)19-14-8-13(17-9-18-14)15(21)20-12-6-4-11(16)5-7-12/h4-10H,3H2,1-2H3,(H,20,21)(H,17,18,19). The van der Waals surface area contributed by atoms with Crippen molar-refractivity contribution in [3.05, 3.63) is 48.2 Å². The van der Waals surface area contributed by atoms with Crippen LogP contribution in [0, 0.1) is 5.82 Å². The maximum Gasteiger partial charge on any atom is 0.274 e. The Morgan fingerprint density at radius 1 is 1.29 bits per heavy atom. The van der Waals surface area contributed by atoms with Crippen LogP contribution in [0.25, 0.3) is 0 Å². The van der Waals surface area contributed by atoms with E-state index in [2.05, 4.69) is 27.5 Å². The molecule has 2 aromatic rings. The van der Waals surface area contributed by atoms with Crippen LogP contribution in [0.5, 0.6) is 0 Å². The average Bonchev–Trinajstić information content (AvgIpc) is 2.49. The summed E-state index contributed by atoms with van der Waals surface area (Å²) in [7, 11) is 0. The normalized spacial score (nSPS) is 11.8. The monoisotopic (exact) mass is 288 g/mol. The molecule has 21 heavy (non-hydrogen) atoms. The maximum atomic E-state index is 12.8. The summed E-state index contributed by atoms with van der Waals surface area (Å²) in [5.74, 6) is -0.116. The Bertz CT molecular complexity index is 615. The minimum Gasteiger partial charge on any atom is -0.368 e. The van der Waals surface area contributed by atoms with Crippen LogP contribution in [0.2, 0.25) is 0 Å². The highest BCUT2D eigenvalue weighted by atomic mass is 19.1. The van der Waals surface area contributed by atoms with E-state index in [0.717, 1.165) is 6.42 Å². The van der Waals surface area contributed by atoms with Gasteiger partial charge in [0.2, 0.25) is 0 Å². The summed E-state index contributed by atoms with van der Waals surface area (Å²) < 4.78 is 12.8. The van der Waals surface area contributed by atoms with E-state index in [1.165, 1.54) is 30.6 Å². The van der Waals surface area contributed by atoms with Crippen LogP contribution in [0.3, 0.4) is 0 Å². The number of aromatic nitrogens is 2. The Balaban J connectivity index is 2.08. The van der Waals surface area contributed by atoms with Crippen molar-refractivity contribution in [1.82, 2.24) is 9.97 Å². The molecule has 0 aliphatic heterocycles. The van der Waals surface area contributed by atoms with Gasteiger partial charge in [0.15, 0.2) is 0 Å². The summed E-state index contributed by atoms with van der Waals surface area (Å²) in [6.45, 7) is 4.08. The first-order valence-electron chi connectivity index (χ1n) is 6.74. The molecule has 2 rings (SSSR count). The Kier molecular flexibility index (Phi) is 4.81. The van der Waals surface area contributed by atoms with Gasteiger partial charge in [0.25, 0.3) is 5.91 Å². The van der Waals surface area contributed by atoms with E-state index in [-0.39, 0.29) is 23.5 Å². The number of benzene rings is 1. The number of hydrogen-bond donors (Lipinski definition) is 2. The summed E-state index contributed by atoms with van der Waals surface area (Å²) >= 11 is 0. The zero-order valence-electron chi connectivity index (χ0n) is 11.9. The number of halogens is 1. The van der Waals surface area contributed by atoms with Crippen molar-refractivity contribution in [2.75, 3.05) is 10.6 Å². The second kappa shape index (κ2) is 6.78. The van der Waals surface area contributed by atoms with Crippen LogP contribution in [0.1, 0.15) is 30.8 Å². The molecular formula is C15H17FN4O. The largest absolute Gasteiger partial charge is 0.368 e. The summed E-state index contributed by atoms with van der Waals surface area (Å²) in [6.07, 6.45) is 2.28. The highest BCUT2D eigenvalue weighted by Crippen LogP contribution is 2.11. The second-order valence-corrected chi connectivity index (χ2v) is 4.70. The average molecular weight is 288 g/mol. The highest BCUT2D eigenvalue weighted by molar-refractivity contribution is 6.03. The molecule has 1 aromatic heterocycles. The Morgan fingerprint density at radius 3 is 2.67 bits per heavy atom. The summed E-state index contributed by atoms with van der Waals surface area (Å²) in [4.78, 5) is 20.1. The van der Waals surface area contributed by atoms with Crippen molar-refractivity contribution < 1.29 is 9.18 Å². The molecular weight excluding hydrogens is 271 g/mol. The van der Waals surface area contributed by atoms with Gasteiger partial charge < -0.3 is 10.6 Å². The van der Waals surface area contributed by atoms with E-state index in [1.54, 1.807) is 6.07 Å². The first kappa shape index (κ1) is 14.9. The lowest BCUT2D eigenvalue weighted by Crippen LogP contribution is -2.17. The van der Waals surface area contributed by atoms with Gasteiger partial charge in [-0.3, -0.25) is 4.79 Å². The molecule has 0 aliphatic carbocycles. The molecule has 6 heteroatoms. The summed E-state index contributed by atoms with van der Waals surface area (Å²) in [6, 6.07) is 7.40. The van der Waals surface area contributed by atoms with Gasteiger partial charge in [-0.1, -0.05) is 6.92 Å². The molecule has 2 N–H and O–H groups in total. The maximum absolute atomic E-state index is 12.8. The number of nitrogens with zero attached hydrogens (tertiary/aromatic N) is 2. The SMILES string of the molecule is CCC(C)Nc1cc(C(=O)Nc2ccc(F)cc2)ncn1. The second-order valence-electron chi connectivity index (χ2n) is 4.70. The van der Waals surface area contributed by atoms with Crippen LogP contribution < -0.4 is 10.6 Å². The number of anilines is 2. The van der Waals surface area contributed by atoms with Crippen LogP contribution in [0.4, 0.5) is 15.9 Å². The van der Waals surface area contributed by atoms with Gasteiger partial charge in [-0.2, -0.15) is 0 Å². The predicted octanol–water partition coefficient (Wildman–Crippen LogP) is 3.08. The molecule has 0 aliphatic rings. The predicted molar refractivity (Wildman–Crippen MR) is 79.8 cm³/mol. The molecule has 1 aromatic carbocycles. The molecule has 1 heterocycles. The number of carbonyl (C=O) groups excluding carboxylic acids is 1. The molecule has 0 fully saturated rings. The van der Waals surface area contributed by atoms with Gasteiger partial charge in [0.1, 0.15) is 23.7 Å². The van der Waals surface area contributed by atoms with E-state index in [0.29, 0.717) is 11.5 Å². The van der Waals surface area contributed by atoms with Crippen molar-refractivity contribution in [3.63, 3.8) is 0 Å². The minimum absolute atomic E-state index is 0.250. The molecule has 0 spiro atoms. The molecule has 0 bridgehead atoms. The molecule has 0 saturated heterocycles. The number of rotatable bonds is 5. The molecule has 1 unspecified atom stereocenters. The van der Waals surface area contributed by atoms with Crippen molar-refractivity contribution in [1.29, 1.82) is 0 Å². The lowest BCUT2D eigenvalue weighted by atomic mass is 10.2. The molecule has 0 saturated carbocycles. The zero-order valence-corrected chi connectivity index (χ0v) is 11.9. The fraction of sp³-hybridized carbons (Fsp3) is 0.267. The van der Waals surface area contributed by atoms with E-state index in [1.807, 2.05) is 6.92 Å². The van der Waals surface area contributed by atoms with Gasteiger partial charge in [-0.25, -0.2) is 14.4 Å². The lowest BCUT2D eigenvalue weighted by Gasteiger charge is -2.12. The number of nitrogens with one attached hydrogen (secondary N) is 2. The van der Waals surface area contributed by atoms with Gasteiger partial charge in [-0.15, -0.1) is 0 Å². The van der Waals surface area contributed by atoms with E-state index in [4.69, 9.17) is 0 Å². The van der Waals surface area contributed by atoms with Crippen molar-refractivity contribution in [2.24, 2.45) is 0 Å². The van der Waals surface area contributed by atoms with Crippen LogP contribution >= 0.6 is 0 Å². The van der Waals surface area contributed by atoms with Gasteiger partial charge in [0, 0.05) is 17.8 Å². The summed E-state index contributed by atoms with van der Waals surface area (Å²) in [5.41, 5.74) is 0.761. The van der Waals surface area contributed by atoms with Crippen molar-refractivity contribution in [3.8, 4) is 0 Å². The van der Waals surface area contributed by atoms with Gasteiger partial charge in [0.05, 0.1) is 0 Å². The van der Waals surface area contributed by atoms with Crippen LogP contribution in [-0.2, 0) is 0 Å². The molecule has 5 nitrogen and oxygen atoms in total. The minimum atomic E-state index is -0.365. The third-order valence-electron chi connectivity index (χ3n) is 3.01. The number of carbonyl (C=O) groups is 1. The van der Waals surface area contributed by atoms with Gasteiger partial charge >= 0.3 is 0 Å². The number of hydrogen-bond acceptors (Lipinski definition) is 4. The summed E-state index contributed by atoms with van der Waals surface area (Å²) in [5, 5.41) is 5.83. The third-order valence-corrected chi connectivity index (χ3v) is 3.01. The van der Waals surface area contributed by atoms with E-state index >= 15 is 0 Å². The fourth-order valence-corrected chi connectivity index (χ4v) is 1.64. The quantitative estimate of drug-likeness (QED) is 0.887. The lowest BCUT2D eigenvalue weighted by molar-refractivity contribution is 0.102. The first-order valence-corrected chi connectivity index (χ1v) is 6.74. The highest BCUT2D eigenvalue weighted by Gasteiger charge is 2.10. The third kappa shape index (κ3) is 4.24. The van der Waals surface area contributed by atoms with Crippen molar-refractivity contribution in [2.45, 2.75) is 26.3 Å². The molecule has 1 atom stereocenters. The Morgan fingerprint density at radius 2 is 2.00 bits per heavy atom. The van der Waals surface area contributed by atoms with E-state index < -0.39 is 0 Å². The van der Waals surface area contributed by atoms with E-state index in [9.17, 15) is 9.18 Å². The number of amides is 1. The van der Waals surface area contributed by atoms with Crippen molar-refractivity contribution >= 4 is 17.4 Å². The van der Waals surface area contributed by atoms with Crippen LogP contribution in [0.15, 0.2) is 36.7 Å². The Hall–Kier alpha value is -2.50. The smallest absolute Gasteiger partial charge is 0.274 e. The molecule has 110 valence electrons.